The van der Waals surface area contributed by atoms with Crippen LogP contribution in [0.1, 0.15) is 36.7 Å². The van der Waals surface area contributed by atoms with E-state index >= 15 is 0 Å². The van der Waals surface area contributed by atoms with Crippen LogP contribution < -0.4 is 5.32 Å². The molecular weight excluding hydrogens is 297 g/mol. The largest absolute Gasteiger partial charge is 0.340 e. The summed E-state index contributed by atoms with van der Waals surface area (Å²) in [5.74, 6) is 1.32. The molecule has 0 bridgehead atoms. The summed E-state index contributed by atoms with van der Waals surface area (Å²) in [6.45, 7) is 4.69. The first-order valence-corrected chi connectivity index (χ1v) is 7.33. The van der Waals surface area contributed by atoms with E-state index in [1.165, 1.54) is 0 Å². The van der Waals surface area contributed by atoms with Gasteiger partial charge in [0.2, 0.25) is 5.89 Å². The standard InChI is InChI=1S/C14H17Cl2N3O/c1-3-13(10-4-5-11(15)12(16)8-10)17-7-6-14-18-9(2)20-19-14/h4-5,8,13,17H,3,6-7H2,1-2H3. The second-order valence-corrected chi connectivity index (χ2v) is 5.38. The maximum absolute atomic E-state index is 6.06. The Balaban J connectivity index is 1.93. The Morgan fingerprint density at radius 3 is 2.70 bits per heavy atom. The second kappa shape index (κ2) is 7.07. The monoisotopic (exact) mass is 313 g/mol. The van der Waals surface area contributed by atoms with Gasteiger partial charge in [-0.25, -0.2) is 0 Å². The summed E-state index contributed by atoms with van der Waals surface area (Å²) in [7, 11) is 0. The highest BCUT2D eigenvalue weighted by Gasteiger charge is 2.11. The Hall–Kier alpha value is -1.10. The van der Waals surface area contributed by atoms with Gasteiger partial charge in [0.1, 0.15) is 0 Å². The first-order chi connectivity index (χ1) is 9.60. The molecule has 2 rings (SSSR count). The molecule has 1 heterocycles. The van der Waals surface area contributed by atoms with Crippen LogP contribution in [0, 0.1) is 6.92 Å². The minimum Gasteiger partial charge on any atom is -0.340 e. The molecule has 4 nitrogen and oxygen atoms in total. The van der Waals surface area contributed by atoms with Crippen molar-refractivity contribution in [3.8, 4) is 0 Å². The quantitative estimate of drug-likeness (QED) is 0.876. The number of hydrogen-bond donors (Lipinski definition) is 1. The van der Waals surface area contributed by atoms with Gasteiger partial charge in [-0.3, -0.25) is 0 Å². The summed E-state index contributed by atoms with van der Waals surface area (Å²) in [6, 6.07) is 5.96. The minimum absolute atomic E-state index is 0.234. The smallest absolute Gasteiger partial charge is 0.223 e. The van der Waals surface area contributed by atoms with E-state index in [4.69, 9.17) is 27.7 Å². The molecule has 0 saturated heterocycles. The molecule has 1 aromatic heterocycles. The van der Waals surface area contributed by atoms with Crippen LogP contribution in [0.4, 0.5) is 0 Å². The van der Waals surface area contributed by atoms with Gasteiger partial charge >= 0.3 is 0 Å². The van der Waals surface area contributed by atoms with Crippen molar-refractivity contribution in [1.82, 2.24) is 15.5 Å². The number of nitrogens with zero attached hydrogens (tertiary/aromatic N) is 2. The fraction of sp³-hybridized carbons (Fsp3) is 0.429. The lowest BCUT2D eigenvalue weighted by Crippen LogP contribution is -2.23. The average molecular weight is 314 g/mol. The molecule has 0 spiro atoms. The Morgan fingerprint density at radius 1 is 1.30 bits per heavy atom. The third-order valence-electron chi connectivity index (χ3n) is 3.06. The maximum atomic E-state index is 6.06. The Morgan fingerprint density at radius 2 is 2.10 bits per heavy atom. The molecule has 108 valence electrons. The lowest BCUT2D eigenvalue weighted by atomic mass is 10.0. The molecule has 0 saturated carbocycles. The van der Waals surface area contributed by atoms with Gasteiger partial charge in [0.25, 0.3) is 0 Å². The molecular formula is C14H17Cl2N3O. The highest BCUT2D eigenvalue weighted by molar-refractivity contribution is 6.42. The molecule has 6 heteroatoms. The molecule has 2 aromatic rings. The highest BCUT2D eigenvalue weighted by Crippen LogP contribution is 2.26. The van der Waals surface area contributed by atoms with E-state index in [2.05, 4.69) is 22.4 Å². The van der Waals surface area contributed by atoms with Gasteiger partial charge < -0.3 is 9.84 Å². The van der Waals surface area contributed by atoms with Gasteiger partial charge in [0.05, 0.1) is 10.0 Å². The Bertz CT molecular complexity index is 571. The van der Waals surface area contributed by atoms with Gasteiger partial charge in [-0.05, 0) is 24.1 Å². The molecule has 1 N–H and O–H groups in total. The molecule has 0 fully saturated rings. The van der Waals surface area contributed by atoms with Crippen LogP contribution in [0.15, 0.2) is 22.7 Å². The summed E-state index contributed by atoms with van der Waals surface area (Å²) < 4.78 is 4.94. The predicted octanol–water partition coefficient (Wildman–Crippen LogP) is 3.97. The zero-order valence-electron chi connectivity index (χ0n) is 11.5. The van der Waals surface area contributed by atoms with Crippen molar-refractivity contribution in [1.29, 1.82) is 0 Å². The molecule has 0 amide bonds. The first kappa shape index (κ1) is 15.3. The van der Waals surface area contributed by atoms with Crippen molar-refractivity contribution < 1.29 is 4.52 Å². The Kier molecular flexibility index (Phi) is 5.40. The zero-order chi connectivity index (χ0) is 14.5. The number of rotatable bonds is 6. The molecule has 0 aliphatic heterocycles. The fourth-order valence-electron chi connectivity index (χ4n) is 2.03. The SMILES string of the molecule is CCC(NCCc1noc(C)n1)c1ccc(Cl)c(Cl)c1. The summed E-state index contributed by atoms with van der Waals surface area (Å²) in [6.07, 6.45) is 1.69. The van der Waals surface area contributed by atoms with E-state index in [-0.39, 0.29) is 6.04 Å². The van der Waals surface area contributed by atoms with Gasteiger partial charge in [0.15, 0.2) is 5.82 Å². The first-order valence-electron chi connectivity index (χ1n) is 6.57. The summed E-state index contributed by atoms with van der Waals surface area (Å²) in [5, 5.41) is 8.50. The van der Waals surface area contributed by atoms with Crippen molar-refractivity contribution in [2.24, 2.45) is 0 Å². The van der Waals surface area contributed by atoms with E-state index in [0.29, 0.717) is 15.9 Å². The third-order valence-corrected chi connectivity index (χ3v) is 3.80. The molecule has 20 heavy (non-hydrogen) atoms. The molecule has 1 unspecified atom stereocenters. The number of nitrogens with one attached hydrogen (secondary N) is 1. The second-order valence-electron chi connectivity index (χ2n) is 4.57. The van der Waals surface area contributed by atoms with Crippen molar-refractivity contribution in [2.75, 3.05) is 6.54 Å². The molecule has 0 radical (unpaired) electrons. The third kappa shape index (κ3) is 3.95. The van der Waals surface area contributed by atoms with Crippen LogP contribution >= 0.6 is 23.2 Å². The topological polar surface area (TPSA) is 51.0 Å². The normalized spacial score (nSPS) is 12.6. The number of aryl methyl sites for hydroxylation is 1. The fourth-order valence-corrected chi connectivity index (χ4v) is 2.33. The molecule has 0 aliphatic rings. The van der Waals surface area contributed by atoms with Crippen LogP contribution in [0.5, 0.6) is 0 Å². The van der Waals surface area contributed by atoms with Crippen LogP contribution in [0.25, 0.3) is 0 Å². The lowest BCUT2D eigenvalue weighted by Gasteiger charge is -2.17. The summed E-state index contributed by atoms with van der Waals surface area (Å²) >= 11 is 12.0. The molecule has 0 aliphatic carbocycles. The van der Waals surface area contributed by atoms with E-state index in [9.17, 15) is 0 Å². The van der Waals surface area contributed by atoms with Gasteiger partial charge in [-0.1, -0.05) is 41.3 Å². The summed E-state index contributed by atoms with van der Waals surface area (Å²) in [4.78, 5) is 4.18. The van der Waals surface area contributed by atoms with Gasteiger partial charge in [-0.15, -0.1) is 0 Å². The lowest BCUT2D eigenvalue weighted by molar-refractivity contribution is 0.386. The van der Waals surface area contributed by atoms with Gasteiger partial charge in [0, 0.05) is 25.9 Å². The van der Waals surface area contributed by atoms with Crippen molar-refractivity contribution in [3.63, 3.8) is 0 Å². The van der Waals surface area contributed by atoms with Crippen LogP contribution in [-0.2, 0) is 6.42 Å². The average Bonchev–Trinajstić information content (AvgIpc) is 2.84. The van der Waals surface area contributed by atoms with Crippen molar-refractivity contribution >= 4 is 23.2 Å². The molecule has 1 aromatic carbocycles. The number of aromatic nitrogens is 2. The van der Waals surface area contributed by atoms with E-state index in [0.717, 1.165) is 30.8 Å². The van der Waals surface area contributed by atoms with Crippen molar-refractivity contribution in [3.05, 3.63) is 45.5 Å². The maximum Gasteiger partial charge on any atom is 0.223 e. The zero-order valence-corrected chi connectivity index (χ0v) is 13.0. The van der Waals surface area contributed by atoms with E-state index in [1.807, 2.05) is 18.2 Å². The van der Waals surface area contributed by atoms with Crippen LogP contribution in [-0.4, -0.2) is 16.7 Å². The number of halogens is 2. The number of benzene rings is 1. The van der Waals surface area contributed by atoms with Crippen molar-refractivity contribution in [2.45, 2.75) is 32.7 Å². The predicted molar refractivity (Wildman–Crippen MR) is 80.2 cm³/mol. The van der Waals surface area contributed by atoms with E-state index in [1.54, 1.807) is 6.92 Å². The highest BCUT2D eigenvalue weighted by atomic mass is 35.5. The van der Waals surface area contributed by atoms with E-state index < -0.39 is 0 Å². The Labute approximate surface area is 128 Å². The number of hydrogen-bond acceptors (Lipinski definition) is 4. The van der Waals surface area contributed by atoms with Crippen LogP contribution in [0.3, 0.4) is 0 Å². The molecule has 1 atom stereocenters. The minimum atomic E-state index is 0.234. The van der Waals surface area contributed by atoms with Crippen LogP contribution in [0.2, 0.25) is 10.0 Å². The summed E-state index contributed by atoms with van der Waals surface area (Å²) in [5.41, 5.74) is 1.13. The van der Waals surface area contributed by atoms with Gasteiger partial charge in [-0.2, -0.15) is 4.98 Å².